The van der Waals surface area contributed by atoms with E-state index in [1.54, 1.807) is 47.2 Å². The van der Waals surface area contributed by atoms with Gasteiger partial charge in [-0.3, -0.25) is 29.4 Å². The molecule has 0 radical (unpaired) electrons. The number of hydrogen-bond acceptors (Lipinski definition) is 10. The summed E-state index contributed by atoms with van der Waals surface area (Å²) in [5, 5.41) is 13.1. The first-order valence-electron chi connectivity index (χ1n) is 23.2. The summed E-state index contributed by atoms with van der Waals surface area (Å²) in [6, 6.07) is 15.2. The topological polar surface area (TPSA) is 129 Å². The number of methoxy groups -OCH3 is 1. The second kappa shape index (κ2) is 17.8. The molecule has 0 saturated carbocycles. The van der Waals surface area contributed by atoms with Crippen molar-refractivity contribution in [3.8, 4) is 11.5 Å². The summed E-state index contributed by atoms with van der Waals surface area (Å²) in [4.78, 5) is 64.1. The van der Waals surface area contributed by atoms with E-state index in [1.807, 2.05) is 32.0 Å². The van der Waals surface area contributed by atoms with Gasteiger partial charge in [-0.15, -0.1) is 0 Å². The molecule has 3 aromatic carbocycles. The van der Waals surface area contributed by atoms with E-state index in [-0.39, 0.29) is 41.6 Å². The van der Waals surface area contributed by atoms with Gasteiger partial charge in [-0.05, 0) is 98.7 Å². The minimum absolute atomic E-state index is 0.0178. The second-order valence-corrected chi connectivity index (χ2v) is 18.7. The van der Waals surface area contributed by atoms with Crippen molar-refractivity contribution < 1.29 is 33.4 Å². The van der Waals surface area contributed by atoms with Gasteiger partial charge in [0.2, 0.25) is 17.7 Å². The Labute approximate surface area is 370 Å². The monoisotopic (exact) mass is 863 g/mol. The number of anilines is 3. The zero-order valence-corrected chi connectivity index (χ0v) is 37.0. The number of carbonyl (C=O) groups is 4. The summed E-state index contributed by atoms with van der Waals surface area (Å²) in [5.41, 5.74) is 3.61. The lowest BCUT2D eigenvalue weighted by atomic mass is 9.64. The number of β-lactam (4-membered cyclic amide) rings is 1. The Balaban J connectivity index is 0.734. The molecule has 6 aliphatic rings. The molecule has 9 rings (SSSR count). The van der Waals surface area contributed by atoms with E-state index in [2.05, 4.69) is 31.0 Å². The Hall–Kier alpha value is -5.21. The predicted octanol–water partition coefficient (Wildman–Crippen LogP) is 5.95. The lowest BCUT2D eigenvalue weighted by Gasteiger charge is -2.56. The highest BCUT2D eigenvalue weighted by atomic mass is 19.1. The number of fused-ring (bicyclic) bond motifs is 1. The van der Waals surface area contributed by atoms with E-state index in [0.29, 0.717) is 65.9 Å². The molecular formula is C49H62FN7O6. The van der Waals surface area contributed by atoms with Crippen LogP contribution in [0.15, 0.2) is 54.6 Å². The van der Waals surface area contributed by atoms with Crippen molar-refractivity contribution in [1.29, 1.82) is 0 Å². The average molecular weight is 864 g/mol. The molecule has 5 saturated heterocycles. The quantitative estimate of drug-likeness (QED) is 0.167. The zero-order chi connectivity index (χ0) is 44.0. The number of ether oxygens (including phenoxy) is 1. The van der Waals surface area contributed by atoms with E-state index in [9.17, 15) is 24.3 Å². The van der Waals surface area contributed by atoms with Crippen LogP contribution in [0, 0.1) is 23.1 Å². The van der Waals surface area contributed by atoms with Crippen LogP contribution in [0.5, 0.6) is 11.5 Å². The molecule has 3 aromatic rings. The molecule has 14 heteroatoms. The molecule has 6 heterocycles. The van der Waals surface area contributed by atoms with Crippen LogP contribution >= 0.6 is 0 Å². The average Bonchev–Trinajstić information content (AvgIpc) is 3.62. The Kier molecular flexibility index (Phi) is 12.1. The van der Waals surface area contributed by atoms with Gasteiger partial charge in [-0.1, -0.05) is 26.0 Å². The molecule has 6 aliphatic heterocycles. The maximum atomic E-state index is 16.3. The van der Waals surface area contributed by atoms with E-state index in [0.717, 1.165) is 102 Å². The normalized spacial score (nSPS) is 23.9. The summed E-state index contributed by atoms with van der Waals surface area (Å²) in [7, 11) is 1.60. The van der Waals surface area contributed by atoms with Crippen LogP contribution in [0.4, 0.5) is 21.5 Å². The molecule has 0 spiro atoms. The van der Waals surface area contributed by atoms with Gasteiger partial charge in [-0.2, -0.15) is 0 Å². The minimum atomic E-state index is -0.714. The van der Waals surface area contributed by atoms with Gasteiger partial charge in [0, 0.05) is 101 Å². The number of halogens is 1. The number of carbonyl (C=O) groups excluding carboxylic acids is 4. The van der Waals surface area contributed by atoms with E-state index in [1.165, 1.54) is 0 Å². The van der Waals surface area contributed by atoms with Crippen molar-refractivity contribution in [3.05, 3.63) is 77.1 Å². The van der Waals surface area contributed by atoms with Gasteiger partial charge >= 0.3 is 0 Å². The van der Waals surface area contributed by atoms with Crippen molar-refractivity contribution in [2.24, 2.45) is 17.3 Å². The Bertz CT molecular complexity index is 2230. The smallest absolute Gasteiger partial charge is 0.255 e. The van der Waals surface area contributed by atoms with Gasteiger partial charge in [0.1, 0.15) is 23.4 Å². The van der Waals surface area contributed by atoms with Gasteiger partial charge in [-0.25, -0.2) is 4.39 Å². The first-order chi connectivity index (χ1) is 30.5. The highest BCUT2D eigenvalue weighted by Gasteiger charge is 2.60. The summed E-state index contributed by atoms with van der Waals surface area (Å²) < 4.78 is 22.2. The summed E-state index contributed by atoms with van der Waals surface area (Å²) >= 11 is 0. The highest BCUT2D eigenvalue weighted by Crippen LogP contribution is 2.59. The van der Waals surface area contributed by atoms with Crippen LogP contribution in [0.3, 0.4) is 0 Å². The molecule has 336 valence electrons. The fraction of sp³-hybridized carbons (Fsp3) is 0.551. The third kappa shape index (κ3) is 8.02. The SMILES string of the molecule is CCC1(CC)C(=O)N(c2ccccc2O)[C@H]1c1cc(F)c(N2CCC(CN3CCN(CC4CCN(c5ccc6c(c5)CN([C@H]5CCC(=O)NC5=O)C6=O)CC4)CC3)CC2)cc1OC. The number of para-hydroxylation sites is 2. The molecular weight excluding hydrogens is 802 g/mol. The van der Waals surface area contributed by atoms with Crippen LogP contribution in [-0.4, -0.2) is 122 Å². The maximum absolute atomic E-state index is 16.3. The largest absolute Gasteiger partial charge is 0.506 e. The molecule has 2 atom stereocenters. The van der Waals surface area contributed by atoms with Crippen molar-refractivity contribution in [2.75, 3.05) is 87.3 Å². The predicted molar refractivity (Wildman–Crippen MR) is 240 cm³/mol. The van der Waals surface area contributed by atoms with E-state index < -0.39 is 17.5 Å². The lowest BCUT2D eigenvalue weighted by Crippen LogP contribution is -2.63. The lowest BCUT2D eigenvalue weighted by molar-refractivity contribution is -0.141. The number of nitrogens with zero attached hydrogens (tertiary/aromatic N) is 6. The fourth-order valence-electron chi connectivity index (χ4n) is 11.5. The van der Waals surface area contributed by atoms with Crippen LogP contribution < -0.4 is 24.8 Å². The van der Waals surface area contributed by atoms with Crippen LogP contribution in [0.25, 0.3) is 0 Å². The number of nitrogens with one attached hydrogen (secondary N) is 1. The first-order valence-corrected chi connectivity index (χ1v) is 23.2. The summed E-state index contributed by atoms with van der Waals surface area (Å²) in [6.07, 6.45) is 6.04. The molecule has 0 unspecified atom stereocenters. The summed E-state index contributed by atoms with van der Waals surface area (Å²) in [5.74, 6) is 0.610. The highest BCUT2D eigenvalue weighted by molar-refractivity contribution is 6.07. The van der Waals surface area contributed by atoms with Crippen molar-refractivity contribution in [1.82, 2.24) is 20.0 Å². The number of rotatable bonds is 12. The van der Waals surface area contributed by atoms with Crippen molar-refractivity contribution >= 4 is 40.7 Å². The number of phenolic OH excluding ortho intramolecular Hbond substituents is 1. The number of hydrogen-bond donors (Lipinski definition) is 2. The third-order valence-electron chi connectivity index (χ3n) is 15.4. The van der Waals surface area contributed by atoms with Crippen molar-refractivity contribution in [3.63, 3.8) is 0 Å². The third-order valence-corrected chi connectivity index (χ3v) is 15.4. The van der Waals surface area contributed by atoms with Gasteiger partial charge < -0.3 is 34.3 Å². The number of aromatic hydroxyl groups is 1. The number of phenols is 1. The van der Waals surface area contributed by atoms with Crippen LogP contribution in [-0.2, 0) is 20.9 Å². The minimum Gasteiger partial charge on any atom is -0.506 e. The van der Waals surface area contributed by atoms with Crippen LogP contribution in [0.2, 0.25) is 0 Å². The molecule has 5 fully saturated rings. The summed E-state index contributed by atoms with van der Waals surface area (Å²) in [6.45, 7) is 14.3. The number of benzene rings is 3. The Morgan fingerprint density at radius 1 is 0.778 bits per heavy atom. The molecule has 0 aromatic heterocycles. The van der Waals surface area contributed by atoms with Crippen molar-refractivity contribution in [2.45, 2.75) is 83.8 Å². The molecule has 13 nitrogen and oxygen atoms in total. The fourth-order valence-corrected chi connectivity index (χ4v) is 11.5. The molecule has 0 bridgehead atoms. The molecule has 0 aliphatic carbocycles. The van der Waals surface area contributed by atoms with Gasteiger partial charge in [0.15, 0.2) is 0 Å². The number of imide groups is 1. The molecule has 63 heavy (non-hydrogen) atoms. The first kappa shape index (κ1) is 43.1. The van der Waals surface area contributed by atoms with E-state index in [4.69, 9.17) is 4.74 Å². The maximum Gasteiger partial charge on any atom is 0.255 e. The van der Waals surface area contributed by atoms with E-state index >= 15 is 4.39 Å². The molecule has 4 amide bonds. The second-order valence-electron chi connectivity index (χ2n) is 18.7. The van der Waals surface area contributed by atoms with Crippen LogP contribution in [0.1, 0.15) is 92.7 Å². The number of piperazine rings is 1. The van der Waals surface area contributed by atoms with Gasteiger partial charge in [0.05, 0.1) is 29.9 Å². The Morgan fingerprint density at radius 2 is 1.41 bits per heavy atom. The number of amides is 4. The molecule has 2 N–H and O–H groups in total. The zero-order valence-electron chi connectivity index (χ0n) is 37.0. The Morgan fingerprint density at radius 3 is 2.02 bits per heavy atom. The standard InChI is InChI=1S/C49H62FN7O6/c1-4-49(5-2)45(57(48(49)62)39-8-6-7-9-42(39)58)37-27-38(50)41(28-43(37)63-3)55-20-16-33(17-21-55)30-53-24-22-52(23-25-53)29-32-14-18-54(19-15-32)35-10-11-36-34(26-35)31-56(47(36)61)40-12-13-44(59)51-46(40)60/h6-11,26-28,32-33,40,45,58H,4-5,12-25,29-31H2,1-3H3,(H,51,59,60)/t40-,45-/m0/s1. The number of piperidine rings is 3. The van der Waals surface area contributed by atoms with Gasteiger partial charge in [0.25, 0.3) is 5.91 Å².